The topological polar surface area (TPSA) is 9.23 Å². The molecule has 0 saturated heterocycles. The Hall–Kier alpha value is -0.980. The van der Waals surface area contributed by atoms with Gasteiger partial charge in [0.1, 0.15) is 11.9 Å². The van der Waals surface area contributed by atoms with Crippen molar-refractivity contribution >= 4 is 0 Å². The van der Waals surface area contributed by atoms with Gasteiger partial charge in [-0.15, -0.1) is 0 Å². The molecule has 0 N–H and O–H groups in total. The average molecular weight is 132 g/mol. The van der Waals surface area contributed by atoms with Crippen LogP contribution in [0.4, 0.5) is 0 Å². The fraction of sp³-hybridized carbons (Fsp3) is 0.333. The van der Waals surface area contributed by atoms with Crippen molar-refractivity contribution in [3.05, 3.63) is 29.8 Å². The van der Waals surface area contributed by atoms with E-state index in [1.54, 1.807) is 0 Å². The molecule has 0 amide bonds. The number of hydrogen-bond donors (Lipinski definition) is 0. The van der Waals surface area contributed by atoms with E-state index in [-0.39, 0.29) is 0 Å². The summed E-state index contributed by atoms with van der Waals surface area (Å²) in [6, 6.07) is 8.35. The summed E-state index contributed by atoms with van der Waals surface area (Å²) in [6.45, 7) is 0. The van der Waals surface area contributed by atoms with Crippen LogP contribution in [0, 0.1) is 0 Å². The molecule has 0 aromatic heterocycles. The van der Waals surface area contributed by atoms with E-state index in [1.165, 1.54) is 12.0 Å². The zero-order valence-corrected chi connectivity index (χ0v) is 5.58. The molecule has 1 heteroatoms. The van der Waals surface area contributed by atoms with Crippen LogP contribution < -0.4 is 4.74 Å². The molecule has 1 saturated carbocycles. The molecule has 1 fully saturated rings. The Morgan fingerprint density at radius 2 is 2.20 bits per heavy atom. The Morgan fingerprint density at radius 1 is 1.30 bits per heavy atom. The minimum Gasteiger partial charge on any atom is -0.489 e. The second kappa shape index (κ2) is 1.36. The summed E-state index contributed by atoms with van der Waals surface area (Å²) in [4.78, 5) is 0. The molecular weight excluding hydrogens is 124 g/mol. The molecule has 1 aromatic rings. The molecule has 2 atom stereocenters. The first-order valence-electron chi connectivity index (χ1n) is 3.71. The highest BCUT2D eigenvalue weighted by molar-refractivity contribution is 5.45. The van der Waals surface area contributed by atoms with E-state index in [4.69, 9.17) is 4.74 Å². The number of para-hydroxylation sites is 1. The molecule has 2 unspecified atom stereocenters. The maximum Gasteiger partial charge on any atom is 0.123 e. The lowest BCUT2D eigenvalue weighted by Crippen LogP contribution is -1.90. The van der Waals surface area contributed by atoms with E-state index in [9.17, 15) is 0 Å². The van der Waals surface area contributed by atoms with Crippen molar-refractivity contribution in [1.82, 2.24) is 0 Å². The Kier molecular flexibility index (Phi) is 0.652. The van der Waals surface area contributed by atoms with Crippen LogP contribution in [0.25, 0.3) is 0 Å². The van der Waals surface area contributed by atoms with E-state index in [0.29, 0.717) is 6.10 Å². The second-order valence-electron chi connectivity index (χ2n) is 3.04. The Bertz CT molecular complexity index is 280. The van der Waals surface area contributed by atoms with Crippen LogP contribution in [0.5, 0.6) is 5.75 Å². The van der Waals surface area contributed by atoms with E-state index in [0.717, 1.165) is 11.7 Å². The molecule has 3 rings (SSSR count). The van der Waals surface area contributed by atoms with Gasteiger partial charge in [0, 0.05) is 11.5 Å². The van der Waals surface area contributed by atoms with Crippen molar-refractivity contribution in [3.63, 3.8) is 0 Å². The lowest BCUT2D eigenvalue weighted by molar-refractivity contribution is 0.318. The third-order valence-corrected chi connectivity index (χ3v) is 2.33. The molecule has 1 nitrogen and oxygen atoms in total. The first-order chi connectivity index (χ1) is 4.95. The third kappa shape index (κ3) is 0.441. The van der Waals surface area contributed by atoms with Gasteiger partial charge < -0.3 is 4.74 Å². The van der Waals surface area contributed by atoms with Gasteiger partial charge in [-0.2, -0.15) is 0 Å². The monoisotopic (exact) mass is 132 g/mol. The highest BCUT2D eigenvalue weighted by Gasteiger charge is 2.47. The first kappa shape index (κ1) is 4.78. The van der Waals surface area contributed by atoms with Crippen LogP contribution in [0.2, 0.25) is 0 Å². The molecule has 10 heavy (non-hydrogen) atoms. The van der Waals surface area contributed by atoms with Gasteiger partial charge in [-0.1, -0.05) is 18.2 Å². The molecule has 1 heterocycles. The predicted octanol–water partition coefficient (Wildman–Crippen LogP) is 1.93. The van der Waals surface area contributed by atoms with Crippen molar-refractivity contribution in [2.24, 2.45) is 0 Å². The van der Waals surface area contributed by atoms with Crippen molar-refractivity contribution in [2.45, 2.75) is 18.4 Å². The normalized spacial score (nSPS) is 32.4. The maximum absolute atomic E-state index is 5.58. The number of fused-ring (bicyclic) bond motifs is 3. The molecule has 0 radical (unpaired) electrons. The number of hydrogen-bond acceptors (Lipinski definition) is 1. The molecule has 0 spiro atoms. The molecule has 1 aliphatic heterocycles. The summed E-state index contributed by atoms with van der Waals surface area (Å²) in [6.07, 6.45) is 1.79. The predicted molar refractivity (Wildman–Crippen MR) is 38.2 cm³/mol. The van der Waals surface area contributed by atoms with Crippen LogP contribution in [0.15, 0.2) is 24.3 Å². The lowest BCUT2D eigenvalue weighted by atomic mass is 10.1. The molecule has 1 aromatic carbocycles. The van der Waals surface area contributed by atoms with E-state index in [2.05, 4.69) is 18.2 Å². The smallest absolute Gasteiger partial charge is 0.123 e. The largest absolute Gasteiger partial charge is 0.489 e. The van der Waals surface area contributed by atoms with Gasteiger partial charge >= 0.3 is 0 Å². The quantitative estimate of drug-likeness (QED) is 0.524. The summed E-state index contributed by atoms with van der Waals surface area (Å²) >= 11 is 0. The zero-order chi connectivity index (χ0) is 6.55. The minimum atomic E-state index is 0.539. The second-order valence-corrected chi connectivity index (χ2v) is 3.04. The highest BCUT2D eigenvalue weighted by Crippen LogP contribution is 2.52. The molecule has 50 valence electrons. The Morgan fingerprint density at radius 3 is 3.10 bits per heavy atom. The summed E-state index contributed by atoms with van der Waals surface area (Å²) in [7, 11) is 0. The van der Waals surface area contributed by atoms with Gasteiger partial charge in [0.15, 0.2) is 0 Å². The Labute approximate surface area is 59.6 Å². The maximum atomic E-state index is 5.58. The van der Waals surface area contributed by atoms with Gasteiger partial charge in [-0.3, -0.25) is 0 Å². The standard InChI is InChI=1S/C9H8O/c1-2-4-8-6(3-1)7-5-9(7)10-8/h1-4,7,9H,5H2. The summed E-state index contributed by atoms with van der Waals surface area (Å²) < 4.78 is 5.58. The minimum absolute atomic E-state index is 0.539. The van der Waals surface area contributed by atoms with Gasteiger partial charge in [-0.25, -0.2) is 0 Å². The van der Waals surface area contributed by atoms with Gasteiger partial charge in [0.2, 0.25) is 0 Å². The van der Waals surface area contributed by atoms with Crippen molar-refractivity contribution in [2.75, 3.05) is 0 Å². The zero-order valence-electron chi connectivity index (χ0n) is 5.58. The van der Waals surface area contributed by atoms with Crippen LogP contribution in [-0.2, 0) is 0 Å². The summed E-state index contributed by atoms with van der Waals surface area (Å²) in [5.74, 6) is 1.86. The van der Waals surface area contributed by atoms with E-state index in [1.807, 2.05) is 6.07 Å². The van der Waals surface area contributed by atoms with Crippen molar-refractivity contribution in [3.8, 4) is 5.75 Å². The van der Waals surface area contributed by atoms with Gasteiger partial charge in [-0.05, 0) is 12.5 Å². The van der Waals surface area contributed by atoms with Gasteiger partial charge in [0.25, 0.3) is 0 Å². The Balaban J connectivity index is 2.22. The summed E-state index contributed by atoms with van der Waals surface area (Å²) in [5.41, 5.74) is 1.42. The summed E-state index contributed by atoms with van der Waals surface area (Å²) in [5, 5.41) is 0. The molecule has 1 aliphatic carbocycles. The lowest BCUT2D eigenvalue weighted by Gasteiger charge is -2.00. The average Bonchev–Trinajstić information content (AvgIpc) is 2.64. The molecule has 0 bridgehead atoms. The number of benzene rings is 1. The molecular formula is C9H8O. The fourth-order valence-corrected chi connectivity index (χ4v) is 1.69. The molecule has 2 aliphatic rings. The van der Waals surface area contributed by atoms with E-state index >= 15 is 0 Å². The van der Waals surface area contributed by atoms with Gasteiger partial charge in [0.05, 0.1) is 0 Å². The fourth-order valence-electron chi connectivity index (χ4n) is 1.69. The first-order valence-corrected chi connectivity index (χ1v) is 3.71. The van der Waals surface area contributed by atoms with Crippen LogP contribution in [0.1, 0.15) is 17.9 Å². The number of ether oxygens (including phenoxy) is 1. The number of rotatable bonds is 0. The third-order valence-electron chi connectivity index (χ3n) is 2.33. The SMILES string of the molecule is c1ccc2c(c1)OC1CC21. The van der Waals surface area contributed by atoms with E-state index < -0.39 is 0 Å². The van der Waals surface area contributed by atoms with Crippen molar-refractivity contribution in [1.29, 1.82) is 0 Å². The highest BCUT2D eigenvalue weighted by atomic mass is 16.5. The van der Waals surface area contributed by atoms with Crippen molar-refractivity contribution < 1.29 is 4.74 Å². The van der Waals surface area contributed by atoms with Crippen LogP contribution in [0.3, 0.4) is 0 Å². The van der Waals surface area contributed by atoms with Crippen LogP contribution in [-0.4, -0.2) is 6.10 Å². The van der Waals surface area contributed by atoms with Crippen LogP contribution >= 0.6 is 0 Å².